The van der Waals surface area contributed by atoms with Gasteiger partial charge in [0.2, 0.25) is 5.91 Å². The van der Waals surface area contributed by atoms with E-state index in [-0.39, 0.29) is 11.5 Å². The number of Topliss-reactive ketones (excluding diaryl/α,β-unsaturated/α-hetero) is 1. The van der Waals surface area contributed by atoms with Gasteiger partial charge in [-0.15, -0.1) is 22.7 Å². The van der Waals surface area contributed by atoms with E-state index < -0.39 is 24.3 Å². The van der Waals surface area contributed by atoms with Gasteiger partial charge in [-0.25, -0.2) is 9.78 Å². The van der Waals surface area contributed by atoms with E-state index in [4.69, 9.17) is 4.74 Å². The predicted octanol–water partition coefficient (Wildman–Crippen LogP) is 3.12. The van der Waals surface area contributed by atoms with Gasteiger partial charge in [0, 0.05) is 22.9 Å². The van der Waals surface area contributed by atoms with Crippen LogP contribution in [0.2, 0.25) is 0 Å². The molecule has 0 aliphatic rings. The minimum absolute atomic E-state index is 0.231. The summed E-state index contributed by atoms with van der Waals surface area (Å²) < 4.78 is 5.11. The molecule has 2 aromatic heterocycles. The molecular formula is C17H17N3O4S2. The Hall–Kier alpha value is -2.57. The van der Waals surface area contributed by atoms with E-state index in [1.54, 1.807) is 19.2 Å². The Morgan fingerprint density at radius 1 is 1.35 bits per heavy atom. The molecule has 0 saturated carbocycles. The number of hydrogen-bond acceptors (Lipinski definition) is 8. The highest BCUT2D eigenvalue weighted by Gasteiger charge is 2.27. The predicted molar refractivity (Wildman–Crippen MR) is 98.6 cm³/mol. The molecule has 0 radical (unpaired) electrons. The summed E-state index contributed by atoms with van der Waals surface area (Å²) in [7, 11) is 0. The van der Waals surface area contributed by atoms with E-state index in [0.717, 1.165) is 10.6 Å². The van der Waals surface area contributed by atoms with Crippen molar-refractivity contribution in [3.05, 3.63) is 32.1 Å². The number of hydrogen-bond donors (Lipinski definition) is 1. The van der Waals surface area contributed by atoms with Crippen LogP contribution in [0.4, 0.5) is 5.00 Å². The third kappa shape index (κ3) is 4.33. The van der Waals surface area contributed by atoms with Crippen molar-refractivity contribution in [3.63, 3.8) is 0 Å². The van der Waals surface area contributed by atoms with E-state index in [9.17, 15) is 19.6 Å². The van der Waals surface area contributed by atoms with Crippen molar-refractivity contribution in [1.82, 2.24) is 4.98 Å². The Kier molecular flexibility index (Phi) is 6.23. The lowest BCUT2D eigenvalue weighted by atomic mass is 10.1. The summed E-state index contributed by atoms with van der Waals surface area (Å²) in [5.74, 6) is -2.63. The fraction of sp³-hybridized carbons (Fsp3) is 0.353. The first kappa shape index (κ1) is 19.8. The Bertz CT molecular complexity index is 908. The summed E-state index contributed by atoms with van der Waals surface area (Å²) in [4.78, 5) is 41.0. The zero-order valence-electron chi connectivity index (χ0n) is 14.7. The second kappa shape index (κ2) is 8.21. The van der Waals surface area contributed by atoms with Gasteiger partial charge in [-0.05, 0) is 26.3 Å². The number of nitrogens with one attached hydrogen (secondary N) is 1. The summed E-state index contributed by atoms with van der Waals surface area (Å²) in [5.41, 5.74) is 1.64. The molecule has 1 atom stereocenters. The quantitative estimate of drug-likeness (QED) is 0.758. The first-order chi connectivity index (χ1) is 12.2. The highest BCUT2D eigenvalue weighted by atomic mass is 32.1. The maximum Gasteiger partial charge on any atom is 0.341 e. The molecule has 0 aromatic carbocycles. The molecular weight excluding hydrogens is 374 g/mol. The fourth-order valence-electron chi connectivity index (χ4n) is 2.18. The molecule has 0 aliphatic carbocycles. The highest BCUT2D eigenvalue weighted by Crippen LogP contribution is 2.33. The molecule has 0 spiro atoms. The van der Waals surface area contributed by atoms with E-state index in [0.29, 0.717) is 15.6 Å². The number of nitrogens with zero attached hydrogens (tertiary/aromatic N) is 2. The molecule has 26 heavy (non-hydrogen) atoms. The normalized spacial score (nSPS) is 11.5. The molecule has 0 bridgehead atoms. The zero-order chi connectivity index (χ0) is 19.4. The van der Waals surface area contributed by atoms with Crippen molar-refractivity contribution in [2.45, 2.75) is 33.6 Å². The lowest BCUT2D eigenvalue weighted by Crippen LogP contribution is -2.20. The van der Waals surface area contributed by atoms with Crippen LogP contribution >= 0.6 is 22.7 Å². The van der Waals surface area contributed by atoms with Crippen LogP contribution in [0.1, 0.15) is 44.3 Å². The molecule has 2 aromatic rings. The first-order valence-electron chi connectivity index (χ1n) is 7.63. The number of amides is 1. The van der Waals surface area contributed by atoms with E-state index in [1.807, 2.05) is 13.0 Å². The summed E-state index contributed by atoms with van der Waals surface area (Å²) in [5, 5.41) is 14.4. The van der Waals surface area contributed by atoms with Crippen LogP contribution in [0, 0.1) is 32.1 Å². The summed E-state index contributed by atoms with van der Waals surface area (Å²) in [6.45, 7) is 6.14. The van der Waals surface area contributed by atoms with Gasteiger partial charge in [-0.3, -0.25) is 9.59 Å². The summed E-state index contributed by atoms with van der Waals surface area (Å²) in [6, 6.07) is 1.90. The average Bonchev–Trinajstić information content (AvgIpc) is 3.09. The van der Waals surface area contributed by atoms with Crippen LogP contribution in [0.25, 0.3) is 0 Å². The van der Waals surface area contributed by atoms with Crippen LogP contribution in [0.5, 0.6) is 0 Å². The molecule has 1 amide bonds. The number of ether oxygens (including phenoxy) is 1. The van der Waals surface area contributed by atoms with Crippen molar-refractivity contribution in [3.8, 4) is 6.07 Å². The number of thiophene rings is 1. The lowest BCUT2D eigenvalue weighted by molar-refractivity contribution is -0.122. The molecule has 2 heterocycles. The van der Waals surface area contributed by atoms with Crippen molar-refractivity contribution in [1.29, 1.82) is 5.26 Å². The Morgan fingerprint density at radius 2 is 2.04 bits per heavy atom. The van der Waals surface area contributed by atoms with Gasteiger partial charge in [0.05, 0.1) is 11.6 Å². The van der Waals surface area contributed by atoms with Crippen molar-refractivity contribution in [2.75, 3.05) is 11.9 Å². The second-order valence-corrected chi connectivity index (χ2v) is 7.71. The maximum absolute atomic E-state index is 12.4. The van der Waals surface area contributed by atoms with Crippen molar-refractivity contribution < 1.29 is 19.1 Å². The van der Waals surface area contributed by atoms with Gasteiger partial charge >= 0.3 is 5.97 Å². The number of aryl methyl sites for hydroxylation is 2. The van der Waals surface area contributed by atoms with Crippen LogP contribution in [-0.2, 0) is 14.3 Å². The minimum atomic E-state index is -1.07. The number of esters is 1. The van der Waals surface area contributed by atoms with Gasteiger partial charge in [0.15, 0.2) is 18.3 Å². The maximum atomic E-state index is 12.4. The molecule has 0 unspecified atom stereocenters. The van der Waals surface area contributed by atoms with Crippen LogP contribution < -0.4 is 5.32 Å². The zero-order valence-corrected chi connectivity index (χ0v) is 16.3. The molecule has 7 nitrogen and oxygen atoms in total. The SMILES string of the molecule is CC(=O)Nc1sc(C)c(C)c1C(=O)OCC(=O)[C@@H](C#N)c1nc(C)cs1. The van der Waals surface area contributed by atoms with Gasteiger partial charge < -0.3 is 10.1 Å². The monoisotopic (exact) mass is 391 g/mol. The number of carbonyl (C=O) groups is 3. The molecule has 0 aliphatic heterocycles. The third-order valence-corrected chi connectivity index (χ3v) is 5.71. The molecule has 9 heteroatoms. The topological polar surface area (TPSA) is 109 Å². The lowest BCUT2D eigenvalue weighted by Gasteiger charge is -2.08. The van der Waals surface area contributed by atoms with Gasteiger partial charge in [0.25, 0.3) is 0 Å². The number of thiazole rings is 1. The van der Waals surface area contributed by atoms with Crippen LogP contribution in [0.15, 0.2) is 5.38 Å². The molecule has 1 N–H and O–H groups in total. The van der Waals surface area contributed by atoms with Crippen molar-refractivity contribution in [2.24, 2.45) is 0 Å². The first-order valence-corrected chi connectivity index (χ1v) is 9.33. The number of rotatable bonds is 6. The standard InChI is InChI=1S/C17H17N3O4S2/c1-8-7-25-15(19-8)12(5-18)13(22)6-24-17(23)14-9(2)10(3)26-16(14)20-11(4)21/h7,12H,6H2,1-4H3,(H,20,21)/t12-/m1/s1. The average molecular weight is 391 g/mol. The number of ketones is 1. The smallest absolute Gasteiger partial charge is 0.341 e. The van der Waals surface area contributed by atoms with E-state index in [2.05, 4.69) is 10.3 Å². The number of aromatic nitrogens is 1. The van der Waals surface area contributed by atoms with Crippen molar-refractivity contribution >= 4 is 45.3 Å². The molecule has 0 fully saturated rings. The molecule has 0 saturated heterocycles. The minimum Gasteiger partial charge on any atom is -0.454 e. The second-order valence-electron chi connectivity index (χ2n) is 5.60. The largest absolute Gasteiger partial charge is 0.454 e. The summed E-state index contributed by atoms with van der Waals surface area (Å²) >= 11 is 2.48. The van der Waals surface area contributed by atoms with E-state index >= 15 is 0 Å². The Morgan fingerprint density at radius 3 is 2.58 bits per heavy atom. The Labute approximate surface area is 158 Å². The molecule has 136 valence electrons. The van der Waals surface area contributed by atoms with Gasteiger partial charge in [-0.1, -0.05) is 0 Å². The summed E-state index contributed by atoms with van der Waals surface area (Å²) in [6.07, 6.45) is 0. The Balaban J connectivity index is 2.12. The highest BCUT2D eigenvalue weighted by molar-refractivity contribution is 7.16. The van der Waals surface area contributed by atoms with E-state index in [1.165, 1.54) is 29.6 Å². The van der Waals surface area contributed by atoms with Crippen LogP contribution in [0.3, 0.4) is 0 Å². The fourth-order valence-corrected chi connectivity index (χ4v) is 4.14. The number of carbonyl (C=O) groups excluding carboxylic acids is 3. The third-order valence-electron chi connectivity index (χ3n) is 3.56. The van der Waals surface area contributed by atoms with Gasteiger partial charge in [-0.2, -0.15) is 5.26 Å². The number of nitriles is 1. The molecule has 2 rings (SSSR count). The van der Waals surface area contributed by atoms with Gasteiger partial charge in [0.1, 0.15) is 10.0 Å². The number of anilines is 1. The van der Waals surface area contributed by atoms with Crippen LogP contribution in [-0.4, -0.2) is 29.3 Å².